The largest absolute Gasteiger partial charge is 0.372 e. The number of nitrogens with zero attached hydrogens (tertiary/aromatic N) is 1. The van der Waals surface area contributed by atoms with Crippen LogP contribution in [0.15, 0.2) is 6.07 Å². The minimum Gasteiger partial charge on any atom is -0.372 e. The number of benzene rings is 1. The van der Waals surface area contributed by atoms with Crippen LogP contribution in [-0.2, 0) is 12.8 Å². The van der Waals surface area contributed by atoms with Crippen LogP contribution in [0.5, 0.6) is 0 Å². The molecule has 3 heterocycles. The van der Waals surface area contributed by atoms with E-state index in [2.05, 4.69) is 24.4 Å². The Bertz CT molecular complexity index is 522. The van der Waals surface area contributed by atoms with Crippen LogP contribution >= 0.6 is 0 Å². The van der Waals surface area contributed by atoms with Crippen molar-refractivity contribution in [2.75, 3.05) is 18.0 Å². The molecule has 0 saturated carbocycles. The highest BCUT2D eigenvalue weighted by atomic mass is 28.3. The van der Waals surface area contributed by atoms with E-state index in [1.807, 2.05) is 5.19 Å². The molecule has 96 valence electrons. The van der Waals surface area contributed by atoms with E-state index in [4.69, 9.17) is 0 Å². The second-order valence-electron chi connectivity index (χ2n) is 6.81. The molecule has 0 fully saturated rings. The van der Waals surface area contributed by atoms with Gasteiger partial charge in [-0.25, -0.2) is 0 Å². The Hall–Kier alpha value is -0.763. The van der Waals surface area contributed by atoms with E-state index in [0.717, 1.165) is 0 Å². The van der Waals surface area contributed by atoms with E-state index in [1.54, 1.807) is 28.4 Å². The fraction of sp³-hybridized carbons (Fsp3) is 0.625. The summed E-state index contributed by atoms with van der Waals surface area (Å²) in [6, 6.07) is 5.60. The van der Waals surface area contributed by atoms with Gasteiger partial charge in [-0.15, -0.1) is 0 Å². The minimum absolute atomic E-state index is 1.11. The Balaban J connectivity index is 2.05. The standard InChI is InChI=1S/C16H23NSi/c1-12-11-13-5-4-9-18(2)10-8-17-7-3-6-14(12)15(17)16(13)18/h11H,3-10H2,1-2H3. The first-order valence-corrected chi connectivity index (χ1v) is 10.5. The summed E-state index contributed by atoms with van der Waals surface area (Å²) in [7, 11) is -1.11. The van der Waals surface area contributed by atoms with E-state index in [-0.39, 0.29) is 0 Å². The molecule has 4 rings (SSSR count). The van der Waals surface area contributed by atoms with Gasteiger partial charge in [0.1, 0.15) is 0 Å². The molecule has 1 aromatic rings. The molecule has 3 aliphatic heterocycles. The summed E-state index contributed by atoms with van der Waals surface area (Å²) >= 11 is 0. The van der Waals surface area contributed by atoms with Crippen molar-refractivity contribution >= 4 is 18.9 Å². The van der Waals surface area contributed by atoms with Gasteiger partial charge in [0.05, 0.1) is 8.07 Å². The molecular formula is C16H23NSi. The van der Waals surface area contributed by atoms with Gasteiger partial charge in [0.15, 0.2) is 0 Å². The Morgan fingerprint density at radius 1 is 1.11 bits per heavy atom. The molecule has 1 aromatic carbocycles. The van der Waals surface area contributed by atoms with E-state index >= 15 is 0 Å². The topological polar surface area (TPSA) is 3.24 Å². The van der Waals surface area contributed by atoms with Gasteiger partial charge >= 0.3 is 0 Å². The number of hydrogen-bond donors (Lipinski definition) is 0. The first-order valence-electron chi connectivity index (χ1n) is 7.60. The summed E-state index contributed by atoms with van der Waals surface area (Å²) in [5.74, 6) is 0. The number of anilines is 1. The van der Waals surface area contributed by atoms with Crippen molar-refractivity contribution in [3.05, 3.63) is 22.8 Å². The van der Waals surface area contributed by atoms with Crippen LogP contribution in [0.2, 0.25) is 18.6 Å². The molecular weight excluding hydrogens is 234 g/mol. The van der Waals surface area contributed by atoms with E-state index in [0.29, 0.717) is 0 Å². The highest BCUT2D eigenvalue weighted by Gasteiger charge is 2.42. The Morgan fingerprint density at radius 2 is 2.00 bits per heavy atom. The van der Waals surface area contributed by atoms with Crippen molar-refractivity contribution < 1.29 is 0 Å². The van der Waals surface area contributed by atoms with Crippen LogP contribution in [0.1, 0.15) is 29.5 Å². The minimum atomic E-state index is -1.11. The van der Waals surface area contributed by atoms with Gasteiger partial charge < -0.3 is 4.90 Å². The Labute approximate surface area is 111 Å². The zero-order valence-electron chi connectivity index (χ0n) is 11.7. The normalized spacial score (nSPS) is 29.1. The third-order valence-corrected chi connectivity index (χ3v) is 10.1. The van der Waals surface area contributed by atoms with Crippen LogP contribution in [0, 0.1) is 6.92 Å². The number of hydrogen-bond acceptors (Lipinski definition) is 1. The highest BCUT2D eigenvalue weighted by molar-refractivity contribution is 6.93. The smallest absolute Gasteiger partial charge is 0.0885 e. The van der Waals surface area contributed by atoms with Crippen LogP contribution < -0.4 is 10.1 Å². The highest BCUT2D eigenvalue weighted by Crippen LogP contribution is 2.40. The molecule has 0 amide bonds. The lowest BCUT2D eigenvalue weighted by atomic mass is 9.93. The lowest BCUT2D eigenvalue weighted by Gasteiger charge is -2.47. The van der Waals surface area contributed by atoms with Crippen molar-refractivity contribution in [1.82, 2.24) is 0 Å². The number of aryl methyl sites for hydroxylation is 2. The Kier molecular flexibility index (Phi) is 2.24. The van der Waals surface area contributed by atoms with Gasteiger partial charge in [-0.05, 0) is 54.1 Å². The van der Waals surface area contributed by atoms with Gasteiger partial charge in [-0.2, -0.15) is 0 Å². The quantitative estimate of drug-likeness (QED) is 0.646. The molecule has 3 aliphatic rings. The fourth-order valence-electron chi connectivity index (χ4n) is 4.65. The summed E-state index contributed by atoms with van der Waals surface area (Å²) in [4.78, 5) is 2.73. The third-order valence-electron chi connectivity index (χ3n) is 5.59. The molecule has 0 aromatic heterocycles. The van der Waals surface area contributed by atoms with E-state index in [9.17, 15) is 0 Å². The van der Waals surface area contributed by atoms with E-state index < -0.39 is 8.07 Å². The Morgan fingerprint density at radius 3 is 2.89 bits per heavy atom. The maximum Gasteiger partial charge on any atom is 0.0885 e. The monoisotopic (exact) mass is 257 g/mol. The zero-order valence-corrected chi connectivity index (χ0v) is 12.7. The van der Waals surface area contributed by atoms with Crippen LogP contribution in [-0.4, -0.2) is 21.2 Å². The van der Waals surface area contributed by atoms with Crippen molar-refractivity contribution in [2.45, 2.75) is 51.2 Å². The second kappa shape index (κ2) is 3.63. The molecule has 1 unspecified atom stereocenters. The molecule has 18 heavy (non-hydrogen) atoms. The van der Waals surface area contributed by atoms with Crippen LogP contribution in [0.4, 0.5) is 5.69 Å². The van der Waals surface area contributed by atoms with Gasteiger partial charge in [0, 0.05) is 18.8 Å². The first-order chi connectivity index (χ1) is 8.69. The molecule has 0 spiro atoms. The van der Waals surface area contributed by atoms with Crippen molar-refractivity contribution in [3.63, 3.8) is 0 Å². The average Bonchev–Trinajstić information content (AvgIpc) is 2.37. The van der Waals surface area contributed by atoms with Crippen molar-refractivity contribution in [3.8, 4) is 0 Å². The zero-order chi connectivity index (χ0) is 12.3. The first kappa shape index (κ1) is 11.1. The maximum atomic E-state index is 2.73. The second-order valence-corrected chi connectivity index (χ2v) is 11.4. The van der Waals surface area contributed by atoms with Crippen LogP contribution in [0.3, 0.4) is 0 Å². The van der Waals surface area contributed by atoms with Gasteiger partial charge in [0.25, 0.3) is 0 Å². The summed E-state index contributed by atoms with van der Waals surface area (Å²) in [6.45, 7) is 7.67. The average molecular weight is 257 g/mol. The molecule has 0 aliphatic carbocycles. The lowest BCUT2D eigenvalue weighted by molar-refractivity contribution is 0.691. The van der Waals surface area contributed by atoms with Crippen LogP contribution in [0.25, 0.3) is 0 Å². The molecule has 0 radical (unpaired) electrons. The van der Waals surface area contributed by atoms with Crippen molar-refractivity contribution in [2.24, 2.45) is 0 Å². The molecule has 2 heteroatoms. The lowest BCUT2D eigenvalue weighted by Crippen LogP contribution is -2.58. The van der Waals surface area contributed by atoms with Crippen molar-refractivity contribution in [1.29, 1.82) is 0 Å². The van der Waals surface area contributed by atoms with E-state index in [1.165, 1.54) is 44.8 Å². The molecule has 0 N–H and O–H groups in total. The fourth-order valence-corrected chi connectivity index (χ4v) is 8.98. The predicted octanol–water partition coefficient (Wildman–Crippen LogP) is 2.99. The van der Waals surface area contributed by atoms with Gasteiger partial charge in [0.2, 0.25) is 0 Å². The summed E-state index contributed by atoms with van der Waals surface area (Å²) in [5, 5.41) is 1.89. The molecule has 0 saturated heterocycles. The third kappa shape index (κ3) is 1.33. The molecule has 1 nitrogen and oxygen atoms in total. The predicted molar refractivity (Wildman–Crippen MR) is 80.9 cm³/mol. The molecule has 1 atom stereocenters. The van der Waals surface area contributed by atoms with Gasteiger partial charge in [-0.3, -0.25) is 0 Å². The summed E-state index contributed by atoms with van der Waals surface area (Å²) in [5.41, 5.74) is 6.75. The maximum absolute atomic E-state index is 2.73. The summed E-state index contributed by atoms with van der Waals surface area (Å²) < 4.78 is 0. The summed E-state index contributed by atoms with van der Waals surface area (Å²) in [6.07, 6.45) is 5.49. The SMILES string of the molecule is Cc1cc2c3c4c1CCCN4CC[Si]3(C)CCC2. The van der Waals surface area contributed by atoms with Gasteiger partial charge in [-0.1, -0.05) is 25.1 Å². The number of rotatable bonds is 0. The molecule has 0 bridgehead atoms.